The summed E-state index contributed by atoms with van der Waals surface area (Å²) < 4.78 is 10.2. The molecule has 0 bridgehead atoms. The van der Waals surface area contributed by atoms with Crippen molar-refractivity contribution in [2.75, 3.05) is 7.11 Å². The Morgan fingerprint density at radius 2 is 1.75 bits per heavy atom. The molecule has 0 radical (unpaired) electrons. The summed E-state index contributed by atoms with van der Waals surface area (Å²) in [6, 6.07) is 0. The maximum absolute atomic E-state index is 11.4. The van der Waals surface area contributed by atoms with Gasteiger partial charge in [-0.1, -0.05) is 0 Å². The molecule has 0 aromatic carbocycles. The first-order valence-corrected chi connectivity index (χ1v) is 5.70. The molecule has 0 saturated heterocycles. The second-order valence-electron chi connectivity index (χ2n) is 4.03. The molecule has 6 heteroatoms. The molecule has 0 aliphatic carbocycles. The van der Waals surface area contributed by atoms with Crippen LogP contribution in [0.25, 0.3) is 0 Å². The van der Waals surface area contributed by atoms with Crippen molar-refractivity contribution in [2.24, 2.45) is 0 Å². The number of carbonyl (C=O) groups excluding carboxylic acids is 2. The Balaban J connectivity index is 4.63. The predicted octanol–water partition coefficient (Wildman–Crippen LogP) is 2.35. The van der Waals surface area contributed by atoms with Gasteiger partial charge in [0, 0.05) is 3.58 Å². The Bertz CT molecular complexity index is 313. The fraction of sp³-hybridized carbons (Fsp3) is 0.600. The number of halogens is 1. The molecule has 1 N–H and O–H groups in total. The molecule has 0 rings (SSSR count). The molecule has 5 nitrogen and oxygen atoms in total. The largest absolute Gasteiger partial charge is 0.464 e. The van der Waals surface area contributed by atoms with Crippen molar-refractivity contribution >= 4 is 34.7 Å². The van der Waals surface area contributed by atoms with Crippen LogP contribution < -0.4 is 5.32 Å². The van der Waals surface area contributed by atoms with Crippen LogP contribution in [0.1, 0.15) is 27.7 Å². The summed E-state index contributed by atoms with van der Waals surface area (Å²) in [5.41, 5.74) is -0.512. The Kier molecular flexibility index (Phi) is 5.77. The zero-order valence-electron chi connectivity index (χ0n) is 10.0. The number of esters is 1. The second-order valence-corrected chi connectivity index (χ2v) is 5.65. The quantitative estimate of drug-likeness (QED) is 0.476. The third-order valence-electron chi connectivity index (χ3n) is 1.36. The summed E-state index contributed by atoms with van der Waals surface area (Å²) in [6.07, 6.45) is -0.677. The number of rotatable bonds is 2. The molecule has 0 atom stereocenters. The van der Waals surface area contributed by atoms with Crippen molar-refractivity contribution in [3.63, 3.8) is 0 Å². The van der Waals surface area contributed by atoms with Crippen molar-refractivity contribution in [3.05, 3.63) is 9.28 Å². The molecular formula is C10H16INO4. The van der Waals surface area contributed by atoms with Crippen LogP contribution in [-0.2, 0) is 14.3 Å². The maximum atomic E-state index is 11.4. The van der Waals surface area contributed by atoms with Gasteiger partial charge in [-0.3, -0.25) is 5.32 Å². The molecule has 0 aliphatic rings. The predicted molar refractivity (Wildman–Crippen MR) is 68.1 cm³/mol. The number of amides is 1. The third-order valence-corrected chi connectivity index (χ3v) is 1.90. The molecule has 0 spiro atoms. The second kappa shape index (κ2) is 6.07. The van der Waals surface area contributed by atoms with Gasteiger partial charge in [-0.25, -0.2) is 9.59 Å². The van der Waals surface area contributed by atoms with Crippen molar-refractivity contribution in [1.29, 1.82) is 0 Å². The first kappa shape index (κ1) is 15.2. The molecule has 92 valence electrons. The molecule has 16 heavy (non-hydrogen) atoms. The van der Waals surface area contributed by atoms with Crippen LogP contribution in [0.15, 0.2) is 9.28 Å². The van der Waals surface area contributed by atoms with Gasteiger partial charge in [0.05, 0.1) is 7.11 Å². The minimum atomic E-state index is -0.677. The van der Waals surface area contributed by atoms with E-state index in [2.05, 4.69) is 10.1 Å². The summed E-state index contributed by atoms with van der Waals surface area (Å²) in [5.74, 6) is -0.599. The number of carbonyl (C=O) groups is 2. The SMILES string of the molecule is COC(=O)C(NC(=O)OC(C)(C)C)=C(C)I. The number of methoxy groups -OCH3 is 1. The van der Waals surface area contributed by atoms with Gasteiger partial charge in [0.1, 0.15) is 11.3 Å². The summed E-state index contributed by atoms with van der Waals surface area (Å²) in [4.78, 5) is 22.7. The van der Waals surface area contributed by atoms with E-state index >= 15 is 0 Å². The number of hydrogen-bond donors (Lipinski definition) is 1. The first-order chi connectivity index (χ1) is 7.17. The van der Waals surface area contributed by atoms with E-state index < -0.39 is 17.7 Å². The van der Waals surface area contributed by atoms with Gasteiger partial charge in [0.15, 0.2) is 0 Å². The van der Waals surface area contributed by atoms with E-state index in [0.717, 1.165) is 0 Å². The fourth-order valence-electron chi connectivity index (χ4n) is 0.786. The van der Waals surface area contributed by atoms with E-state index in [1.54, 1.807) is 27.7 Å². The molecule has 0 saturated carbocycles. The molecular weight excluding hydrogens is 325 g/mol. The van der Waals surface area contributed by atoms with Gasteiger partial charge >= 0.3 is 12.1 Å². The normalized spacial score (nSPS) is 12.6. The summed E-state index contributed by atoms with van der Waals surface area (Å²) >= 11 is 1.92. The lowest BCUT2D eigenvalue weighted by Crippen LogP contribution is -2.34. The number of nitrogens with one attached hydrogen (secondary N) is 1. The molecule has 0 aliphatic heterocycles. The zero-order chi connectivity index (χ0) is 12.9. The van der Waals surface area contributed by atoms with Crippen LogP contribution in [-0.4, -0.2) is 24.8 Å². The third kappa shape index (κ3) is 5.94. The molecule has 0 heterocycles. The summed E-state index contributed by atoms with van der Waals surface area (Å²) in [6.45, 7) is 6.91. The van der Waals surface area contributed by atoms with E-state index in [1.807, 2.05) is 22.6 Å². The van der Waals surface area contributed by atoms with Gasteiger partial charge in [-0.2, -0.15) is 0 Å². The monoisotopic (exact) mass is 341 g/mol. The highest BCUT2D eigenvalue weighted by Crippen LogP contribution is 2.12. The maximum Gasteiger partial charge on any atom is 0.412 e. The zero-order valence-corrected chi connectivity index (χ0v) is 12.2. The Morgan fingerprint density at radius 3 is 2.06 bits per heavy atom. The number of ether oxygens (including phenoxy) is 2. The average molecular weight is 341 g/mol. The van der Waals surface area contributed by atoms with Crippen LogP contribution in [0.2, 0.25) is 0 Å². The Labute approximate surface area is 109 Å². The van der Waals surface area contributed by atoms with Crippen LogP contribution in [0.3, 0.4) is 0 Å². The highest BCUT2D eigenvalue weighted by atomic mass is 127. The van der Waals surface area contributed by atoms with Crippen LogP contribution >= 0.6 is 22.6 Å². The van der Waals surface area contributed by atoms with Crippen molar-refractivity contribution in [3.8, 4) is 0 Å². The molecule has 0 aromatic rings. The topological polar surface area (TPSA) is 64.6 Å². The van der Waals surface area contributed by atoms with E-state index in [9.17, 15) is 9.59 Å². The van der Waals surface area contributed by atoms with Crippen molar-refractivity contribution in [2.45, 2.75) is 33.3 Å². The van der Waals surface area contributed by atoms with E-state index in [4.69, 9.17) is 4.74 Å². The van der Waals surface area contributed by atoms with Crippen LogP contribution in [0.4, 0.5) is 4.79 Å². The van der Waals surface area contributed by atoms with E-state index in [-0.39, 0.29) is 5.70 Å². The lowest BCUT2D eigenvalue weighted by Gasteiger charge is -2.20. The van der Waals surface area contributed by atoms with E-state index in [1.165, 1.54) is 7.11 Å². The number of hydrogen-bond acceptors (Lipinski definition) is 4. The minimum Gasteiger partial charge on any atom is -0.464 e. The standard InChI is InChI=1S/C10H16INO4/c1-6(11)7(8(13)15-5)12-9(14)16-10(2,3)4/h1-5H3,(H,12,14). The lowest BCUT2D eigenvalue weighted by atomic mass is 10.2. The molecule has 0 aromatic heterocycles. The summed E-state index contributed by atoms with van der Waals surface area (Å²) in [5, 5.41) is 2.36. The highest BCUT2D eigenvalue weighted by Gasteiger charge is 2.20. The lowest BCUT2D eigenvalue weighted by molar-refractivity contribution is -0.136. The molecule has 0 fully saturated rings. The van der Waals surface area contributed by atoms with Gasteiger partial charge in [0.2, 0.25) is 0 Å². The number of allylic oxidation sites excluding steroid dienone is 1. The van der Waals surface area contributed by atoms with Crippen LogP contribution in [0, 0.1) is 0 Å². The summed E-state index contributed by atoms with van der Waals surface area (Å²) in [7, 11) is 1.25. The first-order valence-electron chi connectivity index (χ1n) is 4.62. The minimum absolute atomic E-state index is 0.0948. The van der Waals surface area contributed by atoms with Crippen molar-refractivity contribution < 1.29 is 19.1 Å². The Hall–Kier alpha value is -0.790. The highest BCUT2D eigenvalue weighted by molar-refractivity contribution is 14.1. The van der Waals surface area contributed by atoms with E-state index in [0.29, 0.717) is 3.58 Å². The van der Waals surface area contributed by atoms with Gasteiger partial charge in [0.25, 0.3) is 0 Å². The number of alkyl carbamates (subject to hydrolysis) is 1. The smallest absolute Gasteiger partial charge is 0.412 e. The molecule has 0 unspecified atom stereocenters. The van der Waals surface area contributed by atoms with Crippen LogP contribution in [0.5, 0.6) is 0 Å². The fourth-order valence-corrected chi connectivity index (χ4v) is 1.14. The van der Waals surface area contributed by atoms with Crippen molar-refractivity contribution in [1.82, 2.24) is 5.32 Å². The van der Waals surface area contributed by atoms with Gasteiger partial charge < -0.3 is 9.47 Å². The Morgan fingerprint density at radius 1 is 1.25 bits per heavy atom. The van der Waals surface area contributed by atoms with Gasteiger partial charge in [-0.05, 0) is 50.3 Å². The average Bonchev–Trinajstić information content (AvgIpc) is 2.09. The molecule has 1 amide bonds. The van der Waals surface area contributed by atoms with Gasteiger partial charge in [-0.15, -0.1) is 0 Å².